The fourth-order valence-electron chi connectivity index (χ4n) is 3.66. The summed E-state index contributed by atoms with van der Waals surface area (Å²) < 4.78 is 5.16. The minimum absolute atomic E-state index is 0.0486. The van der Waals surface area contributed by atoms with Gasteiger partial charge in [-0.1, -0.05) is 48.5 Å². The molecule has 32 heavy (non-hydrogen) atoms. The summed E-state index contributed by atoms with van der Waals surface area (Å²) in [5.74, 6) is 0.508. The van der Waals surface area contributed by atoms with E-state index >= 15 is 0 Å². The number of hydrogen-bond donors (Lipinski definition) is 0. The van der Waals surface area contributed by atoms with Gasteiger partial charge in [-0.25, -0.2) is 0 Å². The molecule has 0 saturated heterocycles. The molecule has 6 nitrogen and oxygen atoms in total. The summed E-state index contributed by atoms with van der Waals surface area (Å²) in [6.07, 6.45) is 3.23. The van der Waals surface area contributed by atoms with E-state index in [2.05, 4.69) is 4.98 Å². The number of ether oxygens (including phenoxy) is 1. The van der Waals surface area contributed by atoms with E-state index in [0.717, 1.165) is 16.9 Å². The van der Waals surface area contributed by atoms with Gasteiger partial charge in [0.15, 0.2) is 5.78 Å². The molecule has 4 aromatic rings. The Morgan fingerprint density at radius 1 is 1.03 bits per heavy atom. The van der Waals surface area contributed by atoms with Crippen LogP contribution < -0.4 is 4.74 Å². The molecule has 0 aliphatic heterocycles. The normalized spacial score (nSPS) is 11.1. The molecule has 1 heterocycles. The zero-order valence-corrected chi connectivity index (χ0v) is 17.6. The minimum atomic E-state index is -0.445. The van der Waals surface area contributed by atoms with Crippen LogP contribution in [-0.4, -0.2) is 22.8 Å². The predicted molar refractivity (Wildman–Crippen MR) is 125 cm³/mol. The SMILES string of the molecule is COc1ccc(C=CC(=O)c2c(C)nc3ccc([N+](=O)[O-])cc3c2-c2ccccc2)cc1. The largest absolute Gasteiger partial charge is 0.497 e. The average Bonchev–Trinajstić information content (AvgIpc) is 2.82. The van der Waals surface area contributed by atoms with Gasteiger partial charge < -0.3 is 4.74 Å². The van der Waals surface area contributed by atoms with E-state index in [-0.39, 0.29) is 11.5 Å². The highest BCUT2D eigenvalue weighted by molar-refractivity contribution is 6.16. The van der Waals surface area contributed by atoms with E-state index in [1.807, 2.05) is 54.6 Å². The Morgan fingerprint density at radius 2 is 1.75 bits per heavy atom. The molecule has 3 aromatic carbocycles. The molecule has 0 aliphatic rings. The number of pyridine rings is 1. The van der Waals surface area contributed by atoms with Gasteiger partial charge >= 0.3 is 0 Å². The number of aromatic nitrogens is 1. The molecule has 0 spiro atoms. The lowest BCUT2D eigenvalue weighted by molar-refractivity contribution is -0.384. The van der Waals surface area contributed by atoms with Crippen LogP contribution in [0.4, 0.5) is 5.69 Å². The second-order valence-corrected chi connectivity index (χ2v) is 7.24. The van der Waals surface area contributed by atoms with Crippen molar-refractivity contribution in [1.82, 2.24) is 4.98 Å². The first kappa shape index (κ1) is 20.9. The number of nitro groups is 1. The van der Waals surface area contributed by atoms with Crippen LogP contribution in [0.15, 0.2) is 78.9 Å². The van der Waals surface area contributed by atoms with Crippen molar-refractivity contribution < 1.29 is 14.5 Å². The number of nitrogens with zero attached hydrogens (tertiary/aromatic N) is 2. The number of aryl methyl sites for hydroxylation is 1. The number of rotatable bonds is 6. The van der Waals surface area contributed by atoms with Crippen LogP contribution in [0.5, 0.6) is 5.75 Å². The van der Waals surface area contributed by atoms with Gasteiger partial charge in [-0.2, -0.15) is 0 Å². The van der Waals surface area contributed by atoms with Crippen LogP contribution in [-0.2, 0) is 0 Å². The van der Waals surface area contributed by atoms with Crippen molar-refractivity contribution in [2.45, 2.75) is 6.92 Å². The lowest BCUT2D eigenvalue weighted by atomic mass is 9.91. The number of methoxy groups -OCH3 is 1. The smallest absolute Gasteiger partial charge is 0.270 e. The van der Waals surface area contributed by atoms with E-state index in [1.165, 1.54) is 18.2 Å². The lowest BCUT2D eigenvalue weighted by Gasteiger charge is -2.14. The van der Waals surface area contributed by atoms with Gasteiger partial charge in [0.2, 0.25) is 0 Å². The van der Waals surface area contributed by atoms with E-state index < -0.39 is 4.92 Å². The van der Waals surface area contributed by atoms with Gasteiger partial charge in [-0.15, -0.1) is 0 Å². The number of carbonyl (C=O) groups excluding carboxylic acids is 1. The summed E-state index contributed by atoms with van der Waals surface area (Å²) in [7, 11) is 1.60. The minimum Gasteiger partial charge on any atom is -0.497 e. The van der Waals surface area contributed by atoms with E-state index in [4.69, 9.17) is 4.74 Å². The van der Waals surface area contributed by atoms with E-state index in [9.17, 15) is 14.9 Å². The molecule has 0 unspecified atom stereocenters. The van der Waals surface area contributed by atoms with Crippen molar-refractivity contribution in [1.29, 1.82) is 0 Å². The fourth-order valence-corrected chi connectivity index (χ4v) is 3.66. The van der Waals surface area contributed by atoms with Gasteiger partial charge in [-0.05, 0) is 42.3 Å². The number of allylic oxidation sites excluding steroid dienone is 1. The third-order valence-electron chi connectivity index (χ3n) is 5.21. The molecular weight excluding hydrogens is 404 g/mol. The van der Waals surface area contributed by atoms with Gasteiger partial charge in [0.25, 0.3) is 5.69 Å². The van der Waals surface area contributed by atoms with Gasteiger partial charge in [0, 0.05) is 28.8 Å². The molecule has 6 heteroatoms. The fraction of sp³-hybridized carbons (Fsp3) is 0.0769. The Morgan fingerprint density at radius 3 is 2.41 bits per heavy atom. The van der Waals surface area contributed by atoms with Gasteiger partial charge in [-0.3, -0.25) is 19.9 Å². The van der Waals surface area contributed by atoms with Crippen molar-refractivity contribution in [2.75, 3.05) is 7.11 Å². The molecule has 0 saturated carbocycles. The second kappa shape index (κ2) is 8.81. The van der Waals surface area contributed by atoms with Crippen LogP contribution in [0.2, 0.25) is 0 Å². The molecule has 0 radical (unpaired) electrons. The third-order valence-corrected chi connectivity index (χ3v) is 5.21. The number of nitro benzene ring substituents is 1. The van der Waals surface area contributed by atoms with E-state index in [1.54, 1.807) is 26.2 Å². The molecule has 0 amide bonds. The van der Waals surface area contributed by atoms with Gasteiger partial charge in [0.05, 0.1) is 23.1 Å². The Hall–Kier alpha value is -4.32. The number of non-ortho nitro benzene ring substituents is 1. The zero-order valence-electron chi connectivity index (χ0n) is 17.6. The van der Waals surface area contributed by atoms with Crippen LogP contribution in [0, 0.1) is 17.0 Å². The Labute approximate surface area is 185 Å². The molecule has 158 valence electrons. The summed E-state index contributed by atoms with van der Waals surface area (Å²) in [6, 6.07) is 21.3. The number of carbonyl (C=O) groups is 1. The number of fused-ring (bicyclic) bond motifs is 1. The first-order chi connectivity index (χ1) is 15.5. The van der Waals surface area contributed by atoms with Crippen molar-refractivity contribution in [3.63, 3.8) is 0 Å². The lowest BCUT2D eigenvalue weighted by Crippen LogP contribution is -2.05. The maximum atomic E-state index is 13.3. The summed E-state index contributed by atoms with van der Waals surface area (Å²) in [4.78, 5) is 28.8. The highest BCUT2D eigenvalue weighted by atomic mass is 16.6. The summed E-state index contributed by atoms with van der Waals surface area (Å²) >= 11 is 0. The summed E-state index contributed by atoms with van der Waals surface area (Å²) in [5.41, 5.74) is 3.83. The van der Waals surface area contributed by atoms with Crippen molar-refractivity contribution in [3.8, 4) is 16.9 Å². The Kier molecular flexibility index (Phi) is 5.77. The van der Waals surface area contributed by atoms with Crippen molar-refractivity contribution in [3.05, 3.63) is 106 Å². The monoisotopic (exact) mass is 424 g/mol. The topological polar surface area (TPSA) is 82.3 Å². The average molecular weight is 424 g/mol. The van der Waals surface area contributed by atoms with Crippen molar-refractivity contribution in [2.24, 2.45) is 0 Å². The highest BCUT2D eigenvalue weighted by Crippen LogP contribution is 2.35. The highest BCUT2D eigenvalue weighted by Gasteiger charge is 2.20. The molecule has 1 aromatic heterocycles. The van der Waals surface area contributed by atoms with Gasteiger partial charge in [0.1, 0.15) is 5.75 Å². The molecule has 4 rings (SSSR count). The first-order valence-corrected chi connectivity index (χ1v) is 9.98. The zero-order chi connectivity index (χ0) is 22.7. The number of ketones is 1. The molecule has 0 N–H and O–H groups in total. The summed E-state index contributed by atoms with van der Waals surface area (Å²) in [6.45, 7) is 1.78. The standard InChI is InChI=1S/C26H20N2O4/c1-17-25(24(29)15-10-18-8-12-21(32-2)13-9-18)26(19-6-4-3-5-7-19)22-16-20(28(30)31)11-14-23(22)27-17/h3-16H,1-2H3. The first-order valence-electron chi connectivity index (χ1n) is 9.98. The maximum absolute atomic E-state index is 13.3. The second-order valence-electron chi connectivity index (χ2n) is 7.24. The van der Waals surface area contributed by atoms with Crippen LogP contribution in [0.3, 0.4) is 0 Å². The van der Waals surface area contributed by atoms with Crippen LogP contribution in [0.1, 0.15) is 21.6 Å². The number of benzene rings is 3. The molecule has 0 aliphatic carbocycles. The third kappa shape index (κ3) is 4.11. The Balaban J connectivity index is 1.89. The Bertz CT molecular complexity index is 1340. The quantitative estimate of drug-likeness (QED) is 0.163. The van der Waals surface area contributed by atoms with Crippen LogP contribution >= 0.6 is 0 Å². The number of hydrogen-bond acceptors (Lipinski definition) is 5. The molecule has 0 fully saturated rings. The molecule has 0 bridgehead atoms. The molecule has 0 atom stereocenters. The molecular formula is C26H20N2O4. The van der Waals surface area contributed by atoms with E-state index in [0.29, 0.717) is 27.7 Å². The summed E-state index contributed by atoms with van der Waals surface area (Å²) in [5, 5.41) is 11.9. The predicted octanol–water partition coefficient (Wildman–Crippen LogP) is 6.02. The maximum Gasteiger partial charge on any atom is 0.270 e. The van der Waals surface area contributed by atoms with Crippen molar-refractivity contribution >= 4 is 28.4 Å². The van der Waals surface area contributed by atoms with Crippen LogP contribution in [0.25, 0.3) is 28.1 Å².